The van der Waals surface area contributed by atoms with Crippen molar-refractivity contribution in [2.24, 2.45) is 0 Å². The van der Waals surface area contributed by atoms with E-state index in [-0.39, 0.29) is 0 Å². The fourth-order valence-corrected chi connectivity index (χ4v) is 1.89. The topological polar surface area (TPSA) is 69.9 Å². The minimum Gasteiger partial charge on any atom is -0.382 e. The van der Waals surface area contributed by atoms with Gasteiger partial charge in [-0.05, 0) is 18.4 Å². The number of aromatic nitrogens is 2. The summed E-state index contributed by atoms with van der Waals surface area (Å²) in [6.45, 7) is 2.02. The molecule has 0 fully saturated rings. The third-order valence-electron chi connectivity index (χ3n) is 2.91. The molecule has 0 spiro atoms. The van der Waals surface area contributed by atoms with E-state index < -0.39 is 0 Å². The molecule has 1 heterocycles. The van der Waals surface area contributed by atoms with Crippen LogP contribution >= 0.6 is 0 Å². The fraction of sp³-hybridized carbons (Fsp3) is 0.308. The molecule has 4 N–H and O–H groups in total. The first kappa shape index (κ1) is 11.5. The lowest BCUT2D eigenvalue weighted by Crippen LogP contribution is -2.15. The predicted octanol–water partition coefficient (Wildman–Crippen LogP) is 1.53. The van der Waals surface area contributed by atoms with Crippen molar-refractivity contribution < 1.29 is 0 Å². The number of nitrogens with zero attached hydrogens (tertiary/aromatic N) is 2. The highest BCUT2D eigenvalue weighted by Crippen LogP contribution is 2.14. The van der Waals surface area contributed by atoms with Crippen molar-refractivity contribution in [3.63, 3.8) is 0 Å². The van der Waals surface area contributed by atoms with Crippen molar-refractivity contribution in [1.29, 1.82) is 0 Å². The van der Waals surface area contributed by atoms with E-state index in [0.29, 0.717) is 5.82 Å². The van der Waals surface area contributed by atoms with Crippen molar-refractivity contribution in [3.8, 4) is 0 Å². The van der Waals surface area contributed by atoms with E-state index in [1.54, 1.807) is 0 Å². The summed E-state index contributed by atoms with van der Waals surface area (Å²) in [6, 6.07) is 10.3. The number of imidazole rings is 1. The van der Waals surface area contributed by atoms with Crippen LogP contribution in [0.2, 0.25) is 0 Å². The van der Waals surface area contributed by atoms with E-state index >= 15 is 0 Å². The Balaban J connectivity index is 2.09. The minimum absolute atomic E-state index is 0.581. The van der Waals surface area contributed by atoms with Gasteiger partial charge in [0.05, 0.1) is 5.69 Å². The lowest BCUT2D eigenvalue weighted by molar-refractivity contribution is 0.858. The van der Waals surface area contributed by atoms with E-state index in [2.05, 4.69) is 17.1 Å². The molecule has 0 radical (unpaired) electrons. The highest BCUT2D eigenvalue weighted by Gasteiger charge is 2.10. The van der Waals surface area contributed by atoms with E-state index in [1.807, 2.05) is 25.1 Å². The SMILES string of the molecule is CCc1nc(CCc2ccccc2)c(N)n1N. The summed E-state index contributed by atoms with van der Waals surface area (Å²) in [5.41, 5.74) is 8.10. The molecular formula is C13H18N4. The molecule has 1 aromatic heterocycles. The second-order valence-electron chi connectivity index (χ2n) is 4.07. The van der Waals surface area contributed by atoms with Gasteiger partial charge in [0.15, 0.2) is 0 Å². The lowest BCUT2D eigenvalue weighted by Gasteiger charge is -2.01. The highest BCUT2D eigenvalue weighted by atomic mass is 15.4. The molecule has 0 aliphatic carbocycles. The van der Waals surface area contributed by atoms with Crippen molar-refractivity contribution in [1.82, 2.24) is 9.66 Å². The van der Waals surface area contributed by atoms with Crippen LogP contribution in [0.3, 0.4) is 0 Å². The Bertz CT molecular complexity index is 488. The summed E-state index contributed by atoms with van der Waals surface area (Å²) in [7, 11) is 0. The zero-order valence-corrected chi connectivity index (χ0v) is 10.1. The minimum atomic E-state index is 0.581. The first-order valence-corrected chi connectivity index (χ1v) is 5.87. The van der Waals surface area contributed by atoms with Crippen LogP contribution in [-0.2, 0) is 19.3 Å². The van der Waals surface area contributed by atoms with Crippen LogP contribution in [0.5, 0.6) is 0 Å². The van der Waals surface area contributed by atoms with Crippen molar-refractivity contribution in [2.45, 2.75) is 26.2 Å². The third kappa shape index (κ3) is 2.41. The van der Waals surface area contributed by atoms with Gasteiger partial charge in [-0.3, -0.25) is 0 Å². The Morgan fingerprint density at radius 2 is 1.88 bits per heavy atom. The van der Waals surface area contributed by atoms with Crippen LogP contribution in [0.25, 0.3) is 0 Å². The van der Waals surface area contributed by atoms with Gasteiger partial charge in [0.25, 0.3) is 0 Å². The molecule has 90 valence electrons. The molecule has 0 saturated heterocycles. The Labute approximate surface area is 101 Å². The third-order valence-corrected chi connectivity index (χ3v) is 2.91. The van der Waals surface area contributed by atoms with Gasteiger partial charge in [-0.1, -0.05) is 37.3 Å². The van der Waals surface area contributed by atoms with Crippen LogP contribution in [0, 0.1) is 0 Å². The summed E-state index contributed by atoms with van der Waals surface area (Å²) in [6.07, 6.45) is 2.56. The number of anilines is 1. The van der Waals surface area contributed by atoms with Gasteiger partial charge < -0.3 is 11.6 Å². The molecule has 0 bridgehead atoms. The predicted molar refractivity (Wildman–Crippen MR) is 70.0 cm³/mol. The molecule has 0 aliphatic heterocycles. The summed E-state index contributed by atoms with van der Waals surface area (Å²) >= 11 is 0. The fourth-order valence-electron chi connectivity index (χ4n) is 1.89. The summed E-state index contributed by atoms with van der Waals surface area (Å²) in [5, 5.41) is 0. The van der Waals surface area contributed by atoms with Crippen LogP contribution < -0.4 is 11.6 Å². The Morgan fingerprint density at radius 3 is 2.47 bits per heavy atom. The number of hydrogen-bond acceptors (Lipinski definition) is 3. The molecule has 17 heavy (non-hydrogen) atoms. The van der Waals surface area contributed by atoms with Gasteiger partial charge in [0.1, 0.15) is 11.6 Å². The molecular weight excluding hydrogens is 212 g/mol. The van der Waals surface area contributed by atoms with Gasteiger partial charge in [-0.25, -0.2) is 9.66 Å². The molecule has 4 heteroatoms. The van der Waals surface area contributed by atoms with E-state index in [4.69, 9.17) is 11.6 Å². The number of hydrogen-bond donors (Lipinski definition) is 2. The van der Waals surface area contributed by atoms with Crippen molar-refractivity contribution in [3.05, 3.63) is 47.4 Å². The van der Waals surface area contributed by atoms with Crippen LogP contribution in [0.4, 0.5) is 5.82 Å². The molecule has 0 unspecified atom stereocenters. The normalized spacial score (nSPS) is 10.6. The Morgan fingerprint density at radius 1 is 1.18 bits per heavy atom. The van der Waals surface area contributed by atoms with Gasteiger partial charge in [-0.15, -0.1) is 0 Å². The second kappa shape index (κ2) is 4.91. The lowest BCUT2D eigenvalue weighted by atomic mass is 10.1. The summed E-state index contributed by atoms with van der Waals surface area (Å²) in [4.78, 5) is 4.46. The molecule has 1 aromatic carbocycles. The molecule has 0 saturated carbocycles. The van der Waals surface area contributed by atoms with Gasteiger partial charge in [-0.2, -0.15) is 0 Å². The highest BCUT2D eigenvalue weighted by molar-refractivity contribution is 5.39. The van der Waals surface area contributed by atoms with E-state index in [1.165, 1.54) is 10.2 Å². The average molecular weight is 230 g/mol. The molecule has 0 atom stereocenters. The first-order valence-electron chi connectivity index (χ1n) is 5.87. The molecule has 2 aromatic rings. The second-order valence-corrected chi connectivity index (χ2v) is 4.07. The zero-order valence-electron chi connectivity index (χ0n) is 10.1. The molecule has 0 aliphatic rings. The number of benzene rings is 1. The van der Waals surface area contributed by atoms with Gasteiger partial charge >= 0.3 is 0 Å². The largest absolute Gasteiger partial charge is 0.382 e. The van der Waals surface area contributed by atoms with Crippen molar-refractivity contribution in [2.75, 3.05) is 11.6 Å². The van der Waals surface area contributed by atoms with E-state index in [9.17, 15) is 0 Å². The standard InChI is InChI=1S/C13H18N4/c1-2-12-16-11(13(14)17(12)15)9-8-10-6-4-3-5-7-10/h3-7H,2,8-9,14-15H2,1H3. The number of rotatable bonds is 4. The molecule has 2 rings (SSSR count). The number of nitrogen functional groups attached to an aromatic ring is 2. The number of aryl methyl sites for hydroxylation is 3. The molecule has 4 nitrogen and oxygen atoms in total. The van der Waals surface area contributed by atoms with E-state index in [0.717, 1.165) is 30.8 Å². The smallest absolute Gasteiger partial charge is 0.145 e. The maximum atomic E-state index is 5.92. The monoisotopic (exact) mass is 230 g/mol. The maximum absolute atomic E-state index is 5.92. The van der Waals surface area contributed by atoms with Crippen molar-refractivity contribution >= 4 is 5.82 Å². The molecule has 0 amide bonds. The number of nitrogens with two attached hydrogens (primary N) is 2. The van der Waals surface area contributed by atoms with Gasteiger partial charge in [0.2, 0.25) is 0 Å². The van der Waals surface area contributed by atoms with Gasteiger partial charge in [0, 0.05) is 6.42 Å². The Kier molecular flexibility index (Phi) is 3.32. The average Bonchev–Trinajstić information content (AvgIpc) is 2.65. The quantitative estimate of drug-likeness (QED) is 0.782. The summed E-state index contributed by atoms with van der Waals surface area (Å²) < 4.78 is 1.49. The van der Waals surface area contributed by atoms with Crippen LogP contribution in [-0.4, -0.2) is 9.66 Å². The Hall–Kier alpha value is -1.97. The van der Waals surface area contributed by atoms with Crippen LogP contribution in [0.1, 0.15) is 24.0 Å². The zero-order chi connectivity index (χ0) is 12.3. The van der Waals surface area contributed by atoms with Crippen LogP contribution in [0.15, 0.2) is 30.3 Å². The maximum Gasteiger partial charge on any atom is 0.145 e. The summed E-state index contributed by atoms with van der Waals surface area (Å²) in [5.74, 6) is 7.23. The first-order chi connectivity index (χ1) is 8.22.